The molecule has 4 aromatic rings. The monoisotopic (exact) mass is 565 g/mol. The Hall–Kier alpha value is -4.38. The molecule has 0 amide bonds. The fraction of sp³-hybridized carbons (Fsp3) is 0.154. The van der Waals surface area contributed by atoms with Crippen LogP contribution in [0.4, 0.5) is 5.82 Å². The van der Waals surface area contributed by atoms with Crippen LogP contribution in [0.1, 0.15) is 5.69 Å². The molecule has 0 spiro atoms. The van der Waals surface area contributed by atoms with Crippen LogP contribution < -0.4 is 18.9 Å². The van der Waals surface area contributed by atoms with Crippen LogP contribution in [-0.2, 0) is 10.0 Å². The van der Waals surface area contributed by atoms with Crippen molar-refractivity contribution in [3.8, 4) is 40.6 Å². The first-order chi connectivity index (χ1) is 18.9. The number of pyridine rings is 1. The first kappa shape index (κ1) is 27.6. The highest BCUT2D eigenvalue weighted by Crippen LogP contribution is 2.41. The summed E-state index contributed by atoms with van der Waals surface area (Å²) in [6.45, 7) is -0.509. The van der Waals surface area contributed by atoms with Crippen molar-refractivity contribution in [1.29, 1.82) is 5.26 Å². The Morgan fingerprint density at radius 1 is 1.08 bits per heavy atom. The summed E-state index contributed by atoms with van der Waals surface area (Å²) in [5, 5.41) is 18.7. The minimum absolute atomic E-state index is 0.00258. The Morgan fingerprint density at radius 3 is 2.49 bits per heavy atom. The highest BCUT2D eigenvalue weighted by Gasteiger charge is 2.25. The van der Waals surface area contributed by atoms with Gasteiger partial charge in [0.25, 0.3) is 15.9 Å². The predicted molar refractivity (Wildman–Crippen MR) is 145 cm³/mol. The molecular formula is C26H23N5O6S2. The van der Waals surface area contributed by atoms with E-state index >= 15 is 0 Å². The van der Waals surface area contributed by atoms with Gasteiger partial charge >= 0.3 is 0 Å². The molecule has 0 saturated heterocycles. The molecule has 0 saturated carbocycles. The summed E-state index contributed by atoms with van der Waals surface area (Å²) in [4.78, 5) is 13.7. The van der Waals surface area contributed by atoms with Crippen molar-refractivity contribution in [3.05, 3.63) is 72.6 Å². The number of sulfonamides is 1. The molecule has 2 heterocycles. The zero-order chi connectivity index (χ0) is 27.8. The number of benzene rings is 2. The van der Waals surface area contributed by atoms with E-state index in [1.165, 1.54) is 43.3 Å². The molecule has 2 aromatic carbocycles. The van der Waals surface area contributed by atoms with Crippen LogP contribution in [0.5, 0.6) is 23.1 Å². The lowest BCUT2D eigenvalue weighted by molar-refractivity contribution is 0.192. The number of hydrogen-bond acceptors (Lipinski definition) is 11. The summed E-state index contributed by atoms with van der Waals surface area (Å²) in [6, 6.07) is 18.0. The van der Waals surface area contributed by atoms with Gasteiger partial charge in [-0.2, -0.15) is 10.2 Å². The van der Waals surface area contributed by atoms with Crippen LogP contribution in [-0.4, -0.2) is 55.1 Å². The van der Waals surface area contributed by atoms with Crippen molar-refractivity contribution >= 4 is 27.6 Å². The molecule has 0 unspecified atom stereocenters. The molecule has 13 heteroatoms. The van der Waals surface area contributed by atoms with E-state index in [1.54, 1.807) is 42.5 Å². The van der Waals surface area contributed by atoms with Crippen molar-refractivity contribution in [2.75, 3.05) is 31.3 Å². The zero-order valence-corrected chi connectivity index (χ0v) is 22.5. The van der Waals surface area contributed by atoms with Crippen LogP contribution in [0.25, 0.3) is 11.4 Å². The molecule has 0 aliphatic carbocycles. The molecule has 2 aromatic heterocycles. The number of nitrogens with zero attached hydrogens (tertiary/aromatic N) is 4. The molecule has 0 fully saturated rings. The van der Waals surface area contributed by atoms with Gasteiger partial charge in [0.2, 0.25) is 5.75 Å². The van der Waals surface area contributed by atoms with Crippen molar-refractivity contribution in [3.63, 3.8) is 0 Å². The van der Waals surface area contributed by atoms with Crippen LogP contribution in [0.3, 0.4) is 0 Å². The van der Waals surface area contributed by atoms with Crippen molar-refractivity contribution < 1.29 is 27.7 Å². The van der Waals surface area contributed by atoms with E-state index < -0.39 is 10.0 Å². The van der Waals surface area contributed by atoms with Crippen LogP contribution >= 0.6 is 11.8 Å². The standard InChI is InChI=1S/C26H23N5O6S2/c1-35-21-5-3-4-6-22(21)37-23-25(31-39(33,34)20-9-7-19(38-2)8-10-20)29-24(30-26(23)36-14-13-32)17-11-12-28-18(15-17)16-27/h3-12,15,32H,13-14H2,1-2H3,(H,29,30,31). The lowest BCUT2D eigenvalue weighted by atomic mass is 10.2. The third-order valence-corrected chi connectivity index (χ3v) is 7.28. The first-order valence-electron chi connectivity index (χ1n) is 11.4. The maximum atomic E-state index is 13.4. The number of nitriles is 1. The molecule has 11 nitrogen and oxygen atoms in total. The predicted octanol–water partition coefficient (Wildman–Crippen LogP) is 4.10. The molecule has 0 atom stereocenters. The number of anilines is 1. The van der Waals surface area contributed by atoms with Gasteiger partial charge in [-0.3, -0.25) is 4.72 Å². The van der Waals surface area contributed by atoms with Gasteiger partial charge in [-0.15, -0.1) is 11.8 Å². The van der Waals surface area contributed by atoms with Gasteiger partial charge in [0.1, 0.15) is 18.4 Å². The topological polar surface area (TPSA) is 157 Å². The highest BCUT2D eigenvalue weighted by molar-refractivity contribution is 7.98. The fourth-order valence-electron chi connectivity index (χ4n) is 3.35. The van der Waals surface area contributed by atoms with Crippen LogP contribution in [0.2, 0.25) is 0 Å². The quantitative estimate of drug-likeness (QED) is 0.252. The maximum Gasteiger partial charge on any atom is 0.263 e. The molecule has 39 heavy (non-hydrogen) atoms. The lowest BCUT2D eigenvalue weighted by Crippen LogP contribution is -2.16. The van der Waals surface area contributed by atoms with Crippen LogP contribution in [0, 0.1) is 11.3 Å². The number of para-hydroxylation sites is 2. The van der Waals surface area contributed by atoms with E-state index in [0.29, 0.717) is 11.3 Å². The van der Waals surface area contributed by atoms with Gasteiger partial charge in [0.15, 0.2) is 23.1 Å². The number of ether oxygens (including phenoxy) is 3. The number of methoxy groups -OCH3 is 1. The Labute approximate surface area is 229 Å². The van der Waals surface area contributed by atoms with Gasteiger partial charge in [-0.25, -0.2) is 18.4 Å². The molecule has 200 valence electrons. The van der Waals surface area contributed by atoms with E-state index in [9.17, 15) is 18.8 Å². The van der Waals surface area contributed by atoms with Gasteiger partial charge in [0, 0.05) is 16.7 Å². The minimum atomic E-state index is -4.15. The second kappa shape index (κ2) is 12.4. The Morgan fingerprint density at radius 2 is 1.82 bits per heavy atom. The third kappa shape index (κ3) is 6.55. The molecular weight excluding hydrogens is 542 g/mol. The molecule has 2 N–H and O–H groups in total. The fourth-order valence-corrected chi connectivity index (χ4v) is 4.76. The number of hydrogen-bond donors (Lipinski definition) is 2. The van der Waals surface area contributed by atoms with E-state index in [-0.39, 0.29) is 52.8 Å². The summed E-state index contributed by atoms with van der Waals surface area (Å²) in [5.74, 6) is 0.101. The molecule has 0 radical (unpaired) electrons. The Balaban J connectivity index is 1.89. The molecule has 0 aliphatic heterocycles. The Bertz CT molecular complexity index is 1610. The second-order valence-electron chi connectivity index (χ2n) is 7.68. The number of aromatic nitrogens is 3. The summed E-state index contributed by atoms with van der Waals surface area (Å²) >= 11 is 1.48. The van der Waals surface area contributed by atoms with E-state index in [1.807, 2.05) is 12.3 Å². The average molecular weight is 566 g/mol. The summed E-state index contributed by atoms with van der Waals surface area (Å²) in [5.41, 5.74) is 0.489. The van der Waals surface area contributed by atoms with Gasteiger partial charge in [-0.05, 0) is 54.8 Å². The SMILES string of the molecule is COc1ccccc1Oc1c(NS(=O)(=O)c2ccc(SC)cc2)nc(-c2ccnc(C#N)c2)nc1OCCO. The van der Waals surface area contributed by atoms with E-state index in [2.05, 4.69) is 19.7 Å². The van der Waals surface area contributed by atoms with E-state index in [4.69, 9.17) is 14.2 Å². The molecule has 0 aliphatic rings. The summed E-state index contributed by atoms with van der Waals surface area (Å²) < 4.78 is 46.4. The van der Waals surface area contributed by atoms with Crippen molar-refractivity contribution in [2.45, 2.75) is 9.79 Å². The van der Waals surface area contributed by atoms with Gasteiger partial charge in [0.05, 0.1) is 18.6 Å². The number of aliphatic hydroxyl groups excluding tert-OH is 1. The second-order valence-corrected chi connectivity index (χ2v) is 10.2. The smallest absolute Gasteiger partial charge is 0.263 e. The zero-order valence-electron chi connectivity index (χ0n) is 20.9. The van der Waals surface area contributed by atoms with Crippen molar-refractivity contribution in [2.24, 2.45) is 0 Å². The Kier molecular flexibility index (Phi) is 8.82. The first-order valence-corrected chi connectivity index (χ1v) is 14.1. The minimum Gasteiger partial charge on any atom is -0.493 e. The average Bonchev–Trinajstić information content (AvgIpc) is 2.97. The number of nitrogens with one attached hydrogen (secondary N) is 1. The highest BCUT2D eigenvalue weighted by atomic mass is 32.2. The van der Waals surface area contributed by atoms with E-state index in [0.717, 1.165) is 4.90 Å². The normalized spacial score (nSPS) is 10.9. The largest absolute Gasteiger partial charge is 0.493 e. The molecule has 4 rings (SSSR count). The third-order valence-electron chi connectivity index (χ3n) is 5.18. The number of aliphatic hydroxyl groups is 1. The van der Waals surface area contributed by atoms with Crippen LogP contribution in [0.15, 0.2) is 76.7 Å². The summed E-state index contributed by atoms with van der Waals surface area (Å²) in [7, 11) is -2.69. The lowest BCUT2D eigenvalue weighted by Gasteiger charge is -2.18. The van der Waals surface area contributed by atoms with Gasteiger partial charge < -0.3 is 19.3 Å². The number of rotatable bonds is 11. The maximum absolute atomic E-state index is 13.4. The van der Waals surface area contributed by atoms with Gasteiger partial charge in [-0.1, -0.05) is 12.1 Å². The van der Waals surface area contributed by atoms with Crippen molar-refractivity contribution in [1.82, 2.24) is 15.0 Å². The molecule has 0 bridgehead atoms. The summed E-state index contributed by atoms with van der Waals surface area (Å²) in [6.07, 6.45) is 3.29. The number of thioether (sulfide) groups is 1.